The number of amides is 2. The van der Waals surface area contributed by atoms with Crippen LogP contribution in [0.4, 0.5) is 4.79 Å². The van der Waals surface area contributed by atoms with Crippen LogP contribution in [0.15, 0.2) is 12.1 Å². The van der Waals surface area contributed by atoms with Crippen LogP contribution in [0.2, 0.25) is 0 Å². The fourth-order valence-electron chi connectivity index (χ4n) is 1.16. The minimum atomic E-state index is -0.0152. The molecular formula is C10H16N2OS. The molecule has 4 heteroatoms. The third-order valence-electron chi connectivity index (χ3n) is 1.86. The first-order valence-corrected chi connectivity index (χ1v) is 5.49. The van der Waals surface area contributed by atoms with E-state index in [1.807, 2.05) is 6.92 Å². The molecule has 1 aromatic rings. The largest absolute Gasteiger partial charge is 0.338 e. The molecule has 0 bridgehead atoms. The highest BCUT2D eigenvalue weighted by atomic mass is 32.1. The highest BCUT2D eigenvalue weighted by molar-refractivity contribution is 7.11. The summed E-state index contributed by atoms with van der Waals surface area (Å²) < 4.78 is 0. The fourth-order valence-corrected chi connectivity index (χ4v) is 2.11. The Kier molecular flexibility index (Phi) is 3.95. The number of carbonyl (C=O) groups is 1. The van der Waals surface area contributed by atoms with Crippen LogP contribution in [0.25, 0.3) is 0 Å². The van der Waals surface area contributed by atoms with Crippen molar-refractivity contribution in [1.29, 1.82) is 0 Å². The molecule has 0 radical (unpaired) electrons. The zero-order valence-corrected chi connectivity index (χ0v) is 9.65. The molecule has 14 heavy (non-hydrogen) atoms. The average Bonchev–Trinajstić information content (AvgIpc) is 2.51. The molecule has 78 valence electrons. The van der Waals surface area contributed by atoms with Gasteiger partial charge in [0.15, 0.2) is 0 Å². The van der Waals surface area contributed by atoms with Gasteiger partial charge >= 0.3 is 6.03 Å². The van der Waals surface area contributed by atoms with Gasteiger partial charge in [0, 0.05) is 23.3 Å². The van der Waals surface area contributed by atoms with E-state index in [-0.39, 0.29) is 6.03 Å². The van der Waals surface area contributed by atoms with Gasteiger partial charge in [-0.3, -0.25) is 0 Å². The Morgan fingerprint density at radius 2 is 2.29 bits per heavy atom. The van der Waals surface area contributed by atoms with E-state index in [4.69, 9.17) is 0 Å². The zero-order valence-electron chi connectivity index (χ0n) is 8.83. The number of hydrogen-bond donors (Lipinski definition) is 1. The normalized spacial score (nSPS) is 9.93. The summed E-state index contributed by atoms with van der Waals surface area (Å²) in [4.78, 5) is 15.6. The second kappa shape index (κ2) is 5.00. The number of nitrogens with zero attached hydrogens (tertiary/aromatic N) is 1. The molecule has 0 fully saturated rings. The van der Waals surface area contributed by atoms with Crippen molar-refractivity contribution in [2.24, 2.45) is 0 Å². The summed E-state index contributed by atoms with van der Waals surface area (Å²) in [6.45, 7) is 5.35. The van der Waals surface area contributed by atoms with E-state index >= 15 is 0 Å². The van der Waals surface area contributed by atoms with Crippen LogP contribution in [0.3, 0.4) is 0 Å². The van der Waals surface area contributed by atoms with Crippen molar-refractivity contribution >= 4 is 17.4 Å². The van der Waals surface area contributed by atoms with Crippen LogP contribution in [0, 0.1) is 6.92 Å². The zero-order chi connectivity index (χ0) is 10.6. The van der Waals surface area contributed by atoms with Gasteiger partial charge in [-0.25, -0.2) is 4.79 Å². The first kappa shape index (κ1) is 11.0. The Morgan fingerprint density at radius 1 is 1.57 bits per heavy atom. The van der Waals surface area contributed by atoms with Crippen molar-refractivity contribution in [3.8, 4) is 0 Å². The summed E-state index contributed by atoms with van der Waals surface area (Å²) in [5.74, 6) is 0. The number of hydrogen-bond acceptors (Lipinski definition) is 2. The van der Waals surface area contributed by atoms with Gasteiger partial charge in [-0.1, -0.05) is 0 Å². The molecular weight excluding hydrogens is 196 g/mol. The van der Waals surface area contributed by atoms with E-state index in [9.17, 15) is 4.79 Å². The van der Waals surface area contributed by atoms with Gasteiger partial charge in [-0.05, 0) is 26.0 Å². The predicted octanol–water partition coefficient (Wildman–Crippen LogP) is 2.22. The molecule has 0 spiro atoms. The molecule has 1 aromatic heterocycles. The smallest absolute Gasteiger partial charge is 0.317 e. The Bertz CT molecular complexity index is 309. The van der Waals surface area contributed by atoms with E-state index in [1.54, 1.807) is 23.3 Å². The summed E-state index contributed by atoms with van der Waals surface area (Å²) in [6.07, 6.45) is 0. The molecule has 0 atom stereocenters. The maximum atomic E-state index is 11.4. The van der Waals surface area contributed by atoms with Gasteiger partial charge in [-0.15, -0.1) is 11.3 Å². The van der Waals surface area contributed by atoms with Gasteiger partial charge in [0.05, 0.1) is 6.54 Å². The number of nitrogens with one attached hydrogen (secondary N) is 1. The quantitative estimate of drug-likeness (QED) is 0.818. The van der Waals surface area contributed by atoms with Crippen molar-refractivity contribution in [2.45, 2.75) is 20.4 Å². The molecule has 2 amide bonds. The van der Waals surface area contributed by atoms with E-state index in [0.29, 0.717) is 13.1 Å². The number of carbonyl (C=O) groups excluding carboxylic acids is 1. The van der Waals surface area contributed by atoms with Crippen molar-refractivity contribution < 1.29 is 4.79 Å². The average molecular weight is 212 g/mol. The molecule has 0 aromatic carbocycles. The Hall–Kier alpha value is -1.03. The van der Waals surface area contributed by atoms with Gasteiger partial charge in [0.1, 0.15) is 0 Å². The topological polar surface area (TPSA) is 32.3 Å². The van der Waals surface area contributed by atoms with Gasteiger partial charge < -0.3 is 10.2 Å². The van der Waals surface area contributed by atoms with Crippen LogP contribution < -0.4 is 5.32 Å². The highest BCUT2D eigenvalue weighted by Crippen LogP contribution is 2.16. The van der Waals surface area contributed by atoms with Gasteiger partial charge in [0.25, 0.3) is 0 Å². The van der Waals surface area contributed by atoms with Crippen molar-refractivity contribution in [2.75, 3.05) is 13.6 Å². The second-order valence-corrected chi connectivity index (χ2v) is 4.58. The number of thiophene rings is 1. The van der Waals surface area contributed by atoms with E-state index in [1.165, 1.54) is 9.75 Å². The Morgan fingerprint density at radius 3 is 2.79 bits per heavy atom. The molecule has 0 unspecified atom stereocenters. The minimum absolute atomic E-state index is 0.0152. The first-order valence-electron chi connectivity index (χ1n) is 4.67. The van der Waals surface area contributed by atoms with Crippen LogP contribution in [0.5, 0.6) is 0 Å². The van der Waals surface area contributed by atoms with E-state index < -0.39 is 0 Å². The maximum Gasteiger partial charge on any atom is 0.317 e. The molecule has 0 saturated heterocycles. The Balaban J connectivity index is 2.48. The lowest BCUT2D eigenvalue weighted by Crippen LogP contribution is -2.36. The molecule has 1 rings (SSSR count). The van der Waals surface area contributed by atoms with Crippen molar-refractivity contribution in [3.63, 3.8) is 0 Å². The van der Waals surface area contributed by atoms with Crippen LogP contribution >= 0.6 is 11.3 Å². The molecule has 1 N–H and O–H groups in total. The molecule has 0 aliphatic rings. The molecule has 0 aliphatic carbocycles. The molecule has 3 nitrogen and oxygen atoms in total. The highest BCUT2D eigenvalue weighted by Gasteiger charge is 2.08. The lowest BCUT2D eigenvalue weighted by atomic mass is 10.4. The van der Waals surface area contributed by atoms with Gasteiger partial charge in [0.2, 0.25) is 0 Å². The summed E-state index contributed by atoms with van der Waals surface area (Å²) in [5.41, 5.74) is 0. The number of rotatable bonds is 3. The summed E-state index contributed by atoms with van der Waals surface area (Å²) in [7, 11) is 1.81. The first-order chi connectivity index (χ1) is 6.63. The van der Waals surface area contributed by atoms with Crippen molar-refractivity contribution in [1.82, 2.24) is 10.2 Å². The maximum absolute atomic E-state index is 11.4. The fraction of sp³-hybridized carbons (Fsp3) is 0.500. The minimum Gasteiger partial charge on any atom is -0.338 e. The molecule has 0 aliphatic heterocycles. The van der Waals surface area contributed by atoms with E-state index in [0.717, 1.165) is 0 Å². The van der Waals surface area contributed by atoms with Crippen molar-refractivity contribution in [3.05, 3.63) is 21.9 Å². The monoisotopic (exact) mass is 212 g/mol. The lowest BCUT2D eigenvalue weighted by Gasteiger charge is -2.16. The molecule has 0 saturated carbocycles. The van der Waals surface area contributed by atoms with E-state index in [2.05, 4.69) is 24.4 Å². The Labute approximate surface area is 88.7 Å². The lowest BCUT2D eigenvalue weighted by molar-refractivity contribution is 0.208. The predicted molar refractivity (Wildman–Crippen MR) is 59.6 cm³/mol. The second-order valence-electron chi connectivity index (χ2n) is 3.20. The van der Waals surface area contributed by atoms with Gasteiger partial charge in [-0.2, -0.15) is 0 Å². The summed E-state index contributed by atoms with van der Waals surface area (Å²) in [6, 6.07) is 4.12. The standard InChI is InChI=1S/C10H16N2OS/c1-4-11-10(13)12(3)7-9-6-5-8(2)14-9/h5-6H,4,7H2,1-3H3,(H,11,13). The van der Waals surface area contributed by atoms with Crippen LogP contribution in [-0.4, -0.2) is 24.5 Å². The number of urea groups is 1. The van der Waals surface area contributed by atoms with Crippen LogP contribution in [-0.2, 0) is 6.54 Å². The number of aryl methyl sites for hydroxylation is 1. The SMILES string of the molecule is CCNC(=O)N(C)Cc1ccc(C)s1. The molecule has 1 heterocycles. The summed E-state index contributed by atoms with van der Waals surface area (Å²) in [5, 5.41) is 2.76. The summed E-state index contributed by atoms with van der Waals surface area (Å²) >= 11 is 1.73. The van der Waals surface area contributed by atoms with Crippen LogP contribution in [0.1, 0.15) is 16.7 Å². The third-order valence-corrected chi connectivity index (χ3v) is 2.85. The third kappa shape index (κ3) is 3.03.